The van der Waals surface area contributed by atoms with Crippen molar-refractivity contribution in [2.75, 3.05) is 13.2 Å². The maximum Gasteiger partial charge on any atom is 0.126 e. The molecule has 2 nitrogen and oxygen atoms in total. The lowest BCUT2D eigenvalue weighted by Crippen LogP contribution is -2.39. The fourth-order valence-corrected chi connectivity index (χ4v) is 2.70. The van der Waals surface area contributed by atoms with Gasteiger partial charge in [0.25, 0.3) is 0 Å². The molecule has 0 amide bonds. The maximum absolute atomic E-state index is 13.5. The molecule has 19 heavy (non-hydrogen) atoms. The lowest BCUT2D eigenvalue weighted by Gasteiger charge is -2.30. The van der Waals surface area contributed by atoms with E-state index in [1.54, 1.807) is 6.07 Å². The van der Waals surface area contributed by atoms with Crippen molar-refractivity contribution >= 4 is 0 Å². The standard InChI is InChI=1S/C16H24FNO/c1-2-5-15-12-14(9-11-19-15)18-10-8-13-6-3-4-7-16(13)17/h3-4,6-7,14-15,18H,2,5,8-12H2,1H3. The smallest absolute Gasteiger partial charge is 0.126 e. The summed E-state index contributed by atoms with van der Waals surface area (Å²) in [7, 11) is 0. The predicted octanol–water partition coefficient (Wildman–Crippen LogP) is 3.31. The van der Waals surface area contributed by atoms with E-state index in [2.05, 4.69) is 12.2 Å². The number of rotatable bonds is 6. The Hall–Kier alpha value is -0.930. The van der Waals surface area contributed by atoms with Crippen molar-refractivity contribution in [2.24, 2.45) is 0 Å². The van der Waals surface area contributed by atoms with Gasteiger partial charge in [-0.3, -0.25) is 0 Å². The number of hydrogen-bond donors (Lipinski definition) is 1. The van der Waals surface area contributed by atoms with Crippen molar-refractivity contribution in [3.63, 3.8) is 0 Å². The second-order valence-corrected chi connectivity index (χ2v) is 5.30. The minimum atomic E-state index is -0.0971. The molecular weight excluding hydrogens is 241 g/mol. The highest BCUT2D eigenvalue weighted by Crippen LogP contribution is 2.17. The lowest BCUT2D eigenvalue weighted by molar-refractivity contribution is -0.00301. The molecule has 2 atom stereocenters. The average molecular weight is 265 g/mol. The summed E-state index contributed by atoms with van der Waals surface area (Å²) < 4.78 is 19.2. The van der Waals surface area contributed by atoms with Crippen LogP contribution in [0.25, 0.3) is 0 Å². The van der Waals surface area contributed by atoms with Gasteiger partial charge < -0.3 is 10.1 Å². The molecule has 106 valence electrons. The topological polar surface area (TPSA) is 21.3 Å². The van der Waals surface area contributed by atoms with Crippen molar-refractivity contribution in [2.45, 2.75) is 51.2 Å². The summed E-state index contributed by atoms with van der Waals surface area (Å²) in [6, 6.07) is 7.55. The van der Waals surface area contributed by atoms with Crippen LogP contribution in [-0.4, -0.2) is 25.3 Å². The number of benzene rings is 1. The second-order valence-electron chi connectivity index (χ2n) is 5.30. The Morgan fingerprint density at radius 3 is 3.00 bits per heavy atom. The van der Waals surface area contributed by atoms with Crippen LogP contribution in [0.3, 0.4) is 0 Å². The van der Waals surface area contributed by atoms with E-state index in [0.29, 0.717) is 12.1 Å². The van der Waals surface area contributed by atoms with Crippen LogP contribution in [-0.2, 0) is 11.2 Å². The molecule has 1 aromatic rings. The Bertz CT molecular complexity index is 381. The first-order valence-corrected chi connectivity index (χ1v) is 7.38. The van der Waals surface area contributed by atoms with Crippen LogP contribution in [0.4, 0.5) is 4.39 Å². The SMILES string of the molecule is CCCC1CC(NCCc2ccccc2F)CCO1. The molecule has 3 heteroatoms. The molecule has 0 spiro atoms. The lowest BCUT2D eigenvalue weighted by atomic mass is 10.00. The minimum absolute atomic E-state index is 0.0971. The van der Waals surface area contributed by atoms with Gasteiger partial charge in [-0.05, 0) is 43.9 Å². The van der Waals surface area contributed by atoms with Crippen LogP contribution >= 0.6 is 0 Å². The Balaban J connectivity index is 1.72. The molecule has 0 aromatic heterocycles. The number of hydrogen-bond acceptors (Lipinski definition) is 2. The summed E-state index contributed by atoms with van der Waals surface area (Å²) in [5, 5.41) is 3.54. The fraction of sp³-hybridized carbons (Fsp3) is 0.625. The largest absolute Gasteiger partial charge is 0.378 e. The summed E-state index contributed by atoms with van der Waals surface area (Å²) in [6.45, 7) is 3.88. The summed E-state index contributed by atoms with van der Waals surface area (Å²) in [6.07, 6.45) is 5.63. The van der Waals surface area contributed by atoms with Crippen molar-refractivity contribution in [1.82, 2.24) is 5.32 Å². The Kier molecular flexibility index (Phi) is 5.80. The third-order valence-corrected chi connectivity index (χ3v) is 3.76. The van der Waals surface area contributed by atoms with E-state index in [4.69, 9.17) is 4.74 Å². The van der Waals surface area contributed by atoms with Gasteiger partial charge in [-0.25, -0.2) is 4.39 Å². The Morgan fingerprint density at radius 2 is 2.21 bits per heavy atom. The molecule has 1 N–H and O–H groups in total. The molecule has 1 aliphatic rings. The summed E-state index contributed by atoms with van der Waals surface area (Å²) in [5.74, 6) is -0.0971. The average Bonchev–Trinajstić information content (AvgIpc) is 2.42. The molecule has 1 fully saturated rings. The van der Waals surface area contributed by atoms with Gasteiger partial charge in [0.15, 0.2) is 0 Å². The van der Waals surface area contributed by atoms with Crippen LogP contribution in [0.15, 0.2) is 24.3 Å². The zero-order valence-electron chi connectivity index (χ0n) is 11.7. The highest BCUT2D eigenvalue weighted by molar-refractivity contribution is 5.17. The highest BCUT2D eigenvalue weighted by atomic mass is 19.1. The monoisotopic (exact) mass is 265 g/mol. The molecule has 2 rings (SSSR count). The van der Waals surface area contributed by atoms with Crippen LogP contribution in [0, 0.1) is 5.82 Å². The Morgan fingerprint density at radius 1 is 1.37 bits per heavy atom. The van der Waals surface area contributed by atoms with E-state index in [1.807, 2.05) is 12.1 Å². The maximum atomic E-state index is 13.5. The van der Waals surface area contributed by atoms with E-state index >= 15 is 0 Å². The van der Waals surface area contributed by atoms with Gasteiger partial charge in [0.2, 0.25) is 0 Å². The second kappa shape index (κ2) is 7.61. The van der Waals surface area contributed by atoms with Gasteiger partial charge in [0.1, 0.15) is 5.82 Å². The normalized spacial score (nSPS) is 23.5. The van der Waals surface area contributed by atoms with Crippen molar-refractivity contribution in [1.29, 1.82) is 0 Å². The quantitative estimate of drug-likeness (QED) is 0.852. The van der Waals surface area contributed by atoms with Gasteiger partial charge in [-0.1, -0.05) is 31.5 Å². The third-order valence-electron chi connectivity index (χ3n) is 3.76. The molecule has 0 radical (unpaired) electrons. The van der Waals surface area contributed by atoms with Crippen LogP contribution < -0.4 is 5.32 Å². The van der Waals surface area contributed by atoms with E-state index < -0.39 is 0 Å². The van der Waals surface area contributed by atoms with E-state index in [1.165, 1.54) is 12.5 Å². The summed E-state index contributed by atoms with van der Waals surface area (Å²) in [4.78, 5) is 0. The molecule has 1 heterocycles. The highest BCUT2D eigenvalue weighted by Gasteiger charge is 2.21. The molecule has 0 bridgehead atoms. The molecule has 1 saturated heterocycles. The van der Waals surface area contributed by atoms with Gasteiger partial charge in [-0.15, -0.1) is 0 Å². The van der Waals surface area contributed by atoms with Gasteiger partial charge in [0.05, 0.1) is 6.10 Å². The van der Waals surface area contributed by atoms with Crippen molar-refractivity contribution in [3.8, 4) is 0 Å². The number of ether oxygens (including phenoxy) is 1. The van der Waals surface area contributed by atoms with Gasteiger partial charge in [0, 0.05) is 12.6 Å². The van der Waals surface area contributed by atoms with Crippen LogP contribution in [0.5, 0.6) is 0 Å². The first-order valence-electron chi connectivity index (χ1n) is 7.38. The third kappa shape index (κ3) is 4.59. The van der Waals surface area contributed by atoms with E-state index in [9.17, 15) is 4.39 Å². The molecule has 2 unspecified atom stereocenters. The molecule has 1 aliphatic heterocycles. The zero-order valence-corrected chi connectivity index (χ0v) is 11.7. The molecular formula is C16H24FNO. The Labute approximate surface area is 115 Å². The first kappa shape index (κ1) is 14.5. The predicted molar refractivity (Wildman–Crippen MR) is 75.8 cm³/mol. The molecule has 1 aromatic carbocycles. The zero-order chi connectivity index (χ0) is 13.5. The van der Waals surface area contributed by atoms with Crippen molar-refractivity contribution < 1.29 is 9.13 Å². The minimum Gasteiger partial charge on any atom is -0.378 e. The summed E-state index contributed by atoms with van der Waals surface area (Å²) >= 11 is 0. The van der Waals surface area contributed by atoms with Crippen molar-refractivity contribution in [3.05, 3.63) is 35.6 Å². The number of nitrogens with one attached hydrogen (secondary N) is 1. The number of halogens is 1. The van der Waals surface area contributed by atoms with Gasteiger partial charge in [-0.2, -0.15) is 0 Å². The van der Waals surface area contributed by atoms with E-state index in [-0.39, 0.29) is 5.82 Å². The fourth-order valence-electron chi connectivity index (χ4n) is 2.70. The van der Waals surface area contributed by atoms with E-state index in [0.717, 1.165) is 44.4 Å². The van der Waals surface area contributed by atoms with Crippen LogP contribution in [0.2, 0.25) is 0 Å². The molecule has 0 saturated carbocycles. The first-order chi connectivity index (χ1) is 9.29. The van der Waals surface area contributed by atoms with Gasteiger partial charge >= 0.3 is 0 Å². The molecule has 0 aliphatic carbocycles. The summed E-state index contributed by atoms with van der Waals surface area (Å²) in [5.41, 5.74) is 0.798. The van der Waals surface area contributed by atoms with Crippen LogP contribution in [0.1, 0.15) is 38.2 Å².